The van der Waals surface area contributed by atoms with Crippen molar-refractivity contribution in [3.05, 3.63) is 5.32 Å². The summed E-state index contributed by atoms with van der Waals surface area (Å²) in [7, 11) is 1.88. The number of hydrogen-bond donors (Lipinski definition) is 0. The maximum absolute atomic E-state index is 4.29. The van der Waals surface area contributed by atoms with Crippen LogP contribution in [0.15, 0.2) is 0 Å². The van der Waals surface area contributed by atoms with Crippen molar-refractivity contribution in [2.75, 3.05) is 7.05 Å². The predicted octanol–water partition coefficient (Wildman–Crippen LogP) is 2.81. The molecule has 0 aliphatic heterocycles. The number of hydrogen-bond acceptors (Lipinski definition) is 0. The molecule has 0 rings (SSSR count). The number of rotatable bonds is 1. The minimum atomic E-state index is 0. The van der Waals surface area contributed by atoms with E-state index < -0.39 is 0 Å². The molecular weight excluding hydrogens is 296 g/mol. The standard InChI is InChI=1S/C8H18N.Re/c1-7(2,3)8(4,5)9-6;/h1-6H3;/q-1;. The fraction of sp³-hybridized carbons (Fsp3) is 1.00. The van der Waals surface area contributed by atoms with E-state index in [-0.39, 0.29) is 31.4 Å². The van der Waals surface area contributed by atoms with E-state index in [1.54, 1.807) is 0 Å². The van der Waals surface area contributed by atoms with E-state index in [1.807, 2.05) is 7.05 Å². The van der Waals surface area contributed by atoms with E-state index >= 15 is 0 Å². The molecule has 1 radical (unpaired) electrons. The smallest absolute Gasteiger partial charge is 0 e. The maximum atomic E-state index is 4.29. The fourth-order valence-electron chi connectivity index (χ4n) is 0.335. The topological polar surface area (TPSA) is 14.1 Å². The van der Waals surface area contributed by atoms with Crippen molar-refractivity contribution < 1.29 is 20.4 Å². The summed E-state index contributed by atoms with van der Waals surface area (Å²) in [5.74, 6) is 0. The van der Waals surface area contributed by atoms with Crippen LogP contribution >= 0.6 is 0 Å². The molecule has 0 bridgehead atoms. The van der Waals surface area contributed by atoms with Crippen molar-refractivity contribution in [3.8, 4) is 0 Å². The van der Waals surface area contributed by atoms with Gasteiger partial charge in [-0.1, -0.05) is 40.0 Å². The average Bonchev–Trinajstić information content (AvgIpc) is 1.64. The second kappa shape index (κ2) is 3.86. The third-order valence-electron chi connectivity index (χ3n) is 2.39. The van der Waals surface area contributed by atoms with Gasteiger partial charge in [0, 0.05) is 20.4 Å². The van der Waals surface area contributed by atoms with Gasteiger partial charge in [0.1, 0.15) is 0 Å². The van der Waals surface area contributed by atoms with Crippen LogP contribution in [0, 0.1) is 5.41 Å². The SMILES string of the molecule is C[N-]C(C)(C)C(C)(C)C.[Re]. The van der Waals surface area contributed by atoms with Crippen LogP contribution in [0.5, 0.6) is 0 Å². The van der Waals surface area contributed by atoms with Gasteiger partial charge in [0.2, 0.25) is 0 Å². The maximum Gasteiger partial charge on any atom is 0 e. The Labute approximate surface area is 78.6 Å². The first-order chi connectivity index (χ1) is 3.81. The predicted molar refractivity (Wildman–Crippen MR) is 42.8 cm³/mol. The Kier molecular flexibility index (Phi) is 5.10. The molecular formula is C8H18NRe-. The second-order valence-corrected chi connectivity index (χ2v) is 4.03. The number of nitrogens with zero attached hydrogens (tertiary/aromatic N) is 1. The molecule has 0 N–H and O–H groups in total. The van der Waals surface area contributed by atoms with Gasteiger partial charge in [0.05, 0.1) is 0 Å². The zero-order valence-corrected chi connectivity index (χ0v) is 10.5. The van der Waals surface area contributed by atoms with Crippen molar-refractivity contribution >= 4 is 0 Å². The van der Waals surface area contributed by atoms with Crippen LogP contribution in [0.2, 0.25) is 0 Å². The third-order valence-corrected chi connectivity index (χ3v) is 2.39. The molecule has 10 heavy (non-hydrogen) atoms. The van der Waals surface area contributed by atoms with Gasteiger partial charge in [-0.2, -0.15) is 7.05 Å². The Morgan fingerprint density at radius 2 is 1.20 bits per heavy atom. The normalized spacial score (nSPS) is 12.6. The van der Waals surface area contributed by atoms with Crippen LogP contribution in [0.25, 0.3) is 5.32 Å². The van der Waals surface area contributed by atoms with Crippen LogP contribution in [-0.2, 0) is 20.4 Å². The Morgan fingerprint density at radius 3 is 1.20 bits per heavy atom. The summed E-state index contributed by atoms with van der Waals surface area (Å²) in [6, 6.07) is 0. The summed E-state index contributed by atoms with van der Waals surface area (Å²) in [6.07, 6.45) is 0. The average molecular weight is 314 g/mol. The molecule has 0 heterocycles. The molecule has 0 fully saturated rings. The van der Waals surface area contributed by atoms with Crippen LogP contribution in [0.1, 0.15) is 34.6 Å². The molecule has 2 heteroatoms. The molecule has 0 unspecified atom stereocenters. The summed E-state index contributed by atoms with van der Waals surface area (Å²) in [6.45, 7) is 10.9. The zero-order chi connectivity index (χ0) is 7.71. The van der Waals surface area contributed by atoms with Gasteiger partial charge >= 0.3 is 0 Å². The molecule has 0 aliphatic carbocycles. The first-order valence-corrected chi connectivity index (χ1v) is 3.42. The monoisotopic (exact) mass is 315 g/mol. The molecule has 0 saturated carbocycles. The van der Waals surface area contributed by atoms with E-state index in [1.165, 1.54) is 0 Å². The summed E-state index contributed by atoms with van der Waals surface area (Å²) < 4.78 is 0. The van der Waals surface area contributed by atoms with E-state index in [0.717, 1.165) is 0 Å². The molecule has 0 aromatic heterocycles. The van der Waals surface area contributed by atoms with Crippen molar-refractivity contribution in [2.24, 2.45) is 5.41 Å². The van der Waals surface area contributed by atoms with Gasteiger partial charge in [-0.05, 0) is 0 Å². The Balaban J connectivity index is 0. The van der Waals surface area contributed by atoms with E-state index in [2.05, 4.69) is 39.9 Å². The fourth-order valence-corrected chi connectivity index (χ4v) is 0.335. The zero-order valence-electron chi connectivity index (χ0n) is 7.83. The van der Waals surface area contributed by atoms with Crippen LogP contribution < -0.4 is 0 Å². The molecule has 1 nitrogen and oxygen atoms in total. The second-order valence-electron chi connectivity index (χ2n) is 4.03. The molecule has 0 aromatic rings. The Bertz CT molecular complexity index is 91.9. The first-order valence-electron chi connectivity index (χ1n) is 3.42. The van der Waals surface area contributed by atoms with Crippen LogP contribution in [-0.4, -0.2) is 12.6 Å². The third kappa shape index (κ3) is 3.14. The minimum Gasteiger partial charge on any atom is -0.659 e. The van der Waals surface area contributed by atoms with E-state index in [9.17, 15) is 0 Å². The summed E-state index contributed by atoms with van der Waals surface area (Å²) in [4.78, 5) is 0. The largest absolute Gasteiger partial charge is 0.659 e. The minimum absolute atomic E-state index is 0. The molecule has 0 aromatic carbocycles. The van der Waals surface area contributed by atoms with E-state index in [4.69, 9.17) is 0 Å². The van der Waals surface area contributed by atoms with Gasteiger partial charge in [0.15, 0.2) is 0 Å². The van der Waals surface area contributed by atoms with Crippen LogP contribution in [0.3, 0.4) is 0 Å². The van der Waals surface area contributed by atoms with Gasteiger partial charge in [-0.15, -0.1) is 5.54 Å². The van der Waals surface area contributed by atoms with Crippen LogP contribution in [0.4, 0.5) is 0 Å². The molecule has 0 atom stereocenters. The van der Waals surface area contributed by atoms with Gasteiger partial charge in [0.25, 0.3) is 0 Å². The molecule has 0 saturated heterocycles. The Hall–Kier alpha value is 0.622. The van der Waals surface area contributed by atoms with Crippen molar-refractivity contribution in [2.45, 2.75) is 40.2 Å². The molecule has 0 spiro atoms. The van der Waals surface area contributed by atoms with Gasteiger partial charge < -0.3 is 5.32 Å². The van der Waals surface area contributed by atoms with Gasteiger partial charge in [-0.3, -0.25) is 0 Å². The summed E-state index contributed by atoms with van der Waals surface area (Å²) in [5.41, 5.74) is 0.384. The molecule has 63 valence electrons. The van der Waals surface area contributed by atoms with Gasteiger partial charge in [-0.25, -0.2) is 0 Å². The molecule has 0 amide bonds. The molecule has 0 aliphatic rings. The first kappa shape index (κ1) is 13.2. The van der Waals surface area contributed by atoms with Crippen molar-refractivity contribution in [3.63, 3.8) is 0 Å². The van der Waals surface area contributed by atoms with Crippen molar-refractivity contribution in [1.82, 2.24) is 0 Å². The Morgan fingerprint density at radius 1 is 0.900 bits per heavy atom. The summed E-state index contributed by atoms with van der Waals surface area (Å²) >= 11 is 0. The summed E-state index contributed by atoms with van der Waals surface area (Å²) in [5, 5.41) is 4.29. The quantitative estimate of drug-likeness (QED) is 0.707. The van der Waals surface area contributed by atoms with Crippen molar-refractivity contribution in [1.29, 1.82) is 0 Å². The van der Waals surface area contributed by atoms with E-state index in [0.29, 0.717) is 0 Å².